The van der Waals surface area contributed by atoms with Crippen LogP contribution >= 0.6 is 0 Å². The third kappa shape index (κ3) is 2.32. The van der Waals surface area contributed by atoms with Crippen molar-refractivity contribution in [2.24, 2.45) is 0 Å². The van der Waals surface area contributed by atoms with Crippen LogP contribution in [-0.4, -0.2) is 16.1 Å². The average Bonchev–Trinajstić information content (AvgIpc) is 3.14. The zero-order valence-electron chi connectivity index (χ0n) is 12.0. The first-order chi connectivity index (χ1) is 11.2. The summed E-state index contributed by atoms with van der Waals surface area (Å²) >= 11 is 0. The molecule has 23 heavy (non-hydrogen) atoms. The van der Waals surface area contributed by atoms with Gasteiger partial charge < -0.3 is 5.32 Å². The number of carbonyl (C=O) groups is 1. The molecule has 1 aromatic heterocycles. The summed E-state index contributed by atoms with van der Waals surface area (Å²) in [6.45, 7) is 0. The third-order valence-corrected chi connectivity index (χ3v) is 3.81. The number of hydrogen-bond donors (Lipinski definition) is 2. The molecule has 3 aromatic rings. The highest BCUT2D eigenvalue weighted by atomic mass is 19.1. The summed E-state index contributed by atoms with van der Waals surface area (Å²) in [5, 5.41) is 9.79. The average molecular weight is 305 g/mol. The van der Waals surface area contributed by atoms with Crippen molar-refractivity contribution >= 4 is 23.2 Å². The molecule has 2 heterocycles. The molecule has 112 valence electrons. The number of nitrogens with zero attached hydrogens (tertiary/aromatic N) is 1. The fraction of sp³-hybridized carbons (Fsp3) is 0. The second-order valence-corrected chi connectivity index (χ2v) is 5.26. The summed E-state index contributed by atoms with van der Waals surface area (Å²) in [5.74, 6) is -0.435. The van der Waals surface area contributed by atoms with Crippen molar-refractivity contribution in [3.63, 3.8) is 0 Å². The number of para-hydroxylation sites is 1. The number of halogens is 1. The molecular weight excluding hydrogens is 293 g/mol. The molecule has 1 aliphatic heterocycles. The fourth-order valence-corrected chi connectivity index (χ4v) is 2.69. The van der Waals surface area contributed by atoms with Crippen LogP contribution in [0.3, 0.4) is 0 Å². The Morgan fingerprint density at radius 3 is 2.65 bits per heavy atom. The maximum absolute atomic E-state index is 13.1. The smallest absolute Gasteiger partial charge is 0.256 e. The van der Waals surface area contributed by atoms with Gasteiger partial charge in [0.2, 0.25) is 0 Å². The van der Waals surface area contributed by atoms with E-state index < -0.39 is 0 Å². The Morgan fingerprint density at radius 2 is 1.83 bits per heavy atom. The summed E-state index contributed by atoms with van der Waals surface area (Å²) in [5.41, 5.74) is 4.58. The van der Waals surface area contributed by atoms with Gasteiger partial charge in [-0.1, -0.05) is 18.2 Å². The van der Waals surface area contributed by atoms with E-state index in [1.165, 1.54) is 12.1 Å². The van der Waals surface area contributed by atoms with Gasteiger partial charge >= 0.3 is 0 Å². The summed E-state index contributed by atoms with van der Waals surface area (Å²) in [6, 6.07) is 13.7. The molecule has 0 saturated heterocycles. The first kappa shape index (κ1) is 13.5. The van der Waals surface area contributed by atoms with E-state index in [9.17, 15) is 9.18 Å². The second-order valence-electron chi connectivity index (χ2n) is 5.26. The molecule has 0 atom stereocenters. The minimum atomic E-state index is -0.294. The molecule has 2 N–H and O–H groups in total. The lowest BCUT2D eigenvalue weighted by Crippen LogP contribution is -2.03. The van der Waals surface area contributed by atoms with E-state index in [0.717, 1.165) is 28.1 Å². The number of aromatic nitrogens is 2. The monoisotopic (exact) mass is 305 g/mol. The Labute approximate surface area is 131 Å². The van der Waals surface area contributed by atoms with Crippen LogP contribution < -0.4 is 5.32 Å². The highest BCUT2D eigenvalue weighted by Crippen LogP contribution is 2.34. The molecule has 0 bridgehead atoms. The summed E-state index contributed by atoms with van der Waals surface area (Å²) in [4.78, 5) is 12.2. The van der Waals surface area contributed by atoms with Crippen molar-refractivity contribution < 1.29 is 9.18 Å². The van der Waals surface area contributed by atoms with Crippen molar-refractivity contribution in [3.8, 4) is 11.3 Å². The number of fused-ring (bicyclic) bond motifs is 1. The van der Waals surface area contributed by atoms with Crippen molar-refractivity contribution in [1.29, 1.82) is 0 Å². The number of carbonyl (C=O) groups excluding carboxylic acids is 1. The highest BCUT2D eigenvalue weighted by Gasteiger charge is 2.24. The lowest BCUT2D eigenvalue weighted by atomic mass is 10.0. The molecule has 5 heteroatoms. The Morgan fingerprint density at radius 1 is 1.04 bits per heavy atom. The largest absolute Gasteiger partial charge is 0.321 e. The minimum Gasteiger partial charge on any atom is -0.321 e. The zero-order valence-corrected chi connectivity index (χ0v) is 12.0. The zero-order chi connectivity index (χ0) is 15.8. The molecular formula is C18H12FN3O. The Bertz CT molecular complexity index is 925. The number of H-pyrrole nitrogens is 1. The minimum absolute atomic E-state index is 0.141. The van der Waals surface area contributed by atoms with Gasteiger partial charge in [-0.2, -0.15) is 5.10 Å². The van der Waals surface area contributed by atoms with Gasteiger partial charge in [0.15, 0.2) is 0 Å². The molecule has 2 aromatic carbocycles. The summed E-state index contributed by atoms with van der Waals surface area (Å²) in [6.07, 6.45) is 3.45. The summed E-state index contributed by atoms with van der Waals surface area (Å²) in [7, 11) is 0. The number of rotatable bonds is 2. The maximum atomic E-state index is 13.1. The van der Waals surface area contributed by atoms with Gasteiger partial charge in [0.25, 0.3) is 5.91 Å². The van der Waals surface area contributed by atoms with Gasteiger partial charge in [0, 0.05) is 28.0 Å². The van der Waals surface area contributed by atoms with Crippen LogP contribution in [0.25, 0.3) is 22.9 Å². The van der Waals surface area contributed by atoms with Crippen LogP contribution in [0, 0.1) is 5.82 Å². The fourth-order valence-electron chi connectivity index (χ4n) is 2.69. The normalized spacial score (nSPS) is 14.8. The molecule has 4 rings (SSSR count). The second kappa shape index (κ2) is 5.21. The van der Waals surface area contributed by atoms with Crippen LogP contribution in [0.5, 0.6) is 0 Å². The van der Waals surface area contributed by atoms with E-state index in [2.05, 4.69) is 15.5 Å². The van der Waals surface area contributed by atoms with E-state index >= 15 is 0 Å². The number of hydrogen-bond acceptors (Lipinski definition) is 2. The topological polar surface area (TPSA) is 57.8 Å². The van der Waals surface area contributed by atoms with Gasteiger partial charge in [0.05, 0.1) is 11.9 Å². The van der Waals surface area contributed by atoms with Crippen molar-refractivity contribution in [1.82, 2.24) is 10.2 Å². The van der Waals surface area contributed by atoms with E-state index in [1.54, 1.807) is 24.4 Å². The van der Waals surface area contributed by atoms with E-state index in [1.807, 2.05) is 24.3 Å². The first-order valence-electron chi connectivity index (χ1n) is 7.14. The van der Waals surface area contributed by atoms with Crippen molar-refractivity contribution in [2.45, 2.75) is 0 Å². The Kier molecular flexibility index (Phi) is 3.05. The molecule has 0 fully saturated rings. The lowest BCUT2D eigenvalue weighted by Gasteiger charge is -2.01. The van der Waals surface area contributed by atoms with E-state index in [-0.39, 0.29) is 11.7 Å². The predicted octanol–water partition coefficient (Wildman–Crippen LogP) is 3.71. The van der Waals surface area contributed by atoms with Crippen LogP contribution in [0.2, 0.25) is 0 Å². The number of amides is 1. The third-order valence-electron chi connectivity index (χ3n) is 3.81. The molecule has 1 aliphatic rings. The quantitative estimate of drug-likeness (QED) is 0.709. The standard InChI is InChI=1S/C18H12FN3O/c19-13-7-5-11(6-8-13)17-12(10-20-22-17)9-15-14-3-1-2-4-16(14)21-18(15)23/h1-10H,(H,20,22)(H,21,23). The van der Waals surface area contributed by atoms with Gasteiger partial charge in [0.1, 0.15) is 5.82 Å². The number of nitrogens with one attached hydrogen (secondary N) is 2. The molecule has 0 spiro atoms. The molecule has 0 aliphatic carbocycles. The van der Waals surface area contributed by atoms with Gasteiger partial charge in [-0.3, -0.25) is 9.89 Å². The highest BCUT2D eigenvalue weighted by molar-refractivity contribution is 6.35. The van der Waals surface area contributed by atoms with Crippen LogP contribution in [0.1, 0.15) is 11.1 Å². The first-order valence-corrected chi connectivity index (χ1v) is 7.14. The van der Waals surface area contributed by atoms with Crippen LogP contribution in [-0.2, 0) is 4.79 Å². The van der Waals surface area contributed by atoms with Crippen molar-refractivity contribution in [2.75, 3.05) is 5.32 Å². The van der Waals surface area contributed by atoms with Crippen LogP contribution in [0.15, 0.2) is 54.7 Å². The van der Waals surface area contributed by atoms with Crippen molar-refractivity contribution in [3.05, 3.63) is 71.7 Å². The molecule has 0 unspecified atom stereocenters. The van der Waals surface area contributed by atoms with Crippen LogP contribution in [0.4, 0.5) is 10.1 Å². The SMILES string of the molecule is O=C1Nc2ccccc2C1=Cc1cn[nH]c1-c1ccc(F)cc1. The molecule has 1 amide bonds. The number of aromatic amines is 1. The Balaban J connectivity index is 1.80. The van der Waals surface area contributed by atoms with Gasteiger partial charge in [-0.15, -0.1) is 0 Å². The maximum Gasteiger partial charge on any atom is 0.256 e. The number of anilines is 1. The predicted molar refractivity (Wildman–Crippen MR) is 86.9 cm³/mol. The molecule has 4 nitrogen and oxygen atoms in total. The number of benzene rings is 2. The van der Waals surface area contributed by atoms with Gasteiger partial charge in [-0.05, 0) is 36.4 Å². The van der Waals surface area contributed by atoms with E-state index in [4.69, 9.17) is 0 Å². The lowest BCUT2D eigenvalue weighted by molar-refractivity contribution is -0.110. The van der Waals surface area contributed by atoms with Gasteiger partial charge in [-0.25, -0.2) is 4.39 Å². The molecule has 0 radical (unpaired) electrons. The molecule has 0 saturated carbocycles. The van der Waals surface area contributed by atoms with E-state index in [0.29, 0.717) is 5.57 Å². The Hall–Kier alpha value is -3.21. The summed E-state index contributed by atoms with van der Waals surface area (Å²) < 4.78 is 13.1.